The van der Waals surface area contributed by atoms with Gasteiger partial charge >= 0.3 is 0 Å². The van der Waals surface area contributed by atoms with E-state index in [1.54, 1.807) is 0 Å². The monoisotopic (exact) mass is 262 g/mol. The van der Waals surface area contributed by atoms with E-state index >= 15 is 0 Å². The molecular formula is C16H26N2O. The first-order valence-electron chi connectivity index (χ1n) is 7.33. The van der Waals surface area contributed by atoms with Crippen molar-refractivity contribution in [2.45, 2.75) is 39.3 Å². The zero-order valence-corrected chi connectivity index (χ0v) is 12.4. The minimum atomic E-state index is 0.612. The van der Waals surface area contributed by atoms with E-state index in [1.807, 2.05) is 0 Å². The van der Waals surface area contributed by atoms with Gasteiger partial charge in [-0.2, -0.15) is 0 Å². The molecular weight excluding hydrogens is 236 g/mol. The molecule has 1 aliphatic rings. The fourth-order valence-electron chi connectivity index (χ4n) is 2.60. The molecule has 2 rings (SSSR count). The van der Waals surface area contributed by atoms with E-state index in [-0.39, 0.29) is 0 Å². The average Bonchev–Trinajstić information content (AvgIpc) is 2.46. The number of benzene rings is 1. The Labute approximate surface area is 116 Å². The number of anilines is 1. The molecule has 1 fully saturated rings. The summed E-state index contributed by atoms with van der Waals surface area (Å²) in [6.45, 7) is 8.21. The van der Waals surface area contributed by atoms with Gasteiger partial charge in [0.2, 0.25) is 0 Å². The Balaban J connectivity index is 1.99. The van der Waals surface area contributed by atoms with Gasteiger partial charge in [0, 0.05) is 45.1 Å². The molecule has 0 atom stereocenters. The summed E-state index contributed by atoms with van der Waals surface area (Å²) in [7, 11) is 2.15. The number of nitrogens with one attached hydrogen (secondary N) is 1. The Bertz CT molecular complexity index is 400. The molecule has 19 heavy (non-hydrogen) atoms. The predicted molar refractivity (Wildman–Crippen MR) is 80.8 cm³/mol. The summed E-state index contributed by atoms with van der Waals surface area (Å²) in [6.07, 6.45) is 2.27. The number of ether oxygens (including phenoxy) is 1. The van der Waals surface area contributed by atoms with Crippen molar-refractivity contribution in [3.63, 3.8) is 0 Å². The van der Waals surface area contributed by atoms with Gasteiger partial charge in [0.1, 0.15) is 0 Å². The van der Waals surface area contributed by atoms with Gasteiger partial charge in [-0.3, -0.25) is 0 Å². The van der Waals surface area contributed by atoms with Crippen molar-refractivity contribution in [3.8, 4) is 0 Å². The predicted octanol–water partition coefficient (Wildman–Crippen LogP) is 2.72. The van der Waals surface area contributed by atoms with E-state index in [9.17, 15) is 0 Å². The molecule has 1 heterocycles. The number of nitrogens with zero attached hydrogens (tertiary/aromatic N) is 1. The maximum atomic E-state index is 5.39. The zero-order chi connectivity index (χ0) is 13.7. The van der Waals surface area contributed by atoms with E-state index in [1.165, 1.54) is 16.8 Å². The first kappa shape index (κ1) is 14.4. The third-order valence-electron chi connectivity index (χ3n) is 4.11. The van der Waals surface area contributed by atoms with E-state index in [4.69, 9.17) is 4.74 Å². The van der Waals surface area contributed by atoms with Gasteiger partial charge in [-0.15, -0.1) is 0 Å². The van der Waals surface area contributed by atoms with Crippen molar-refractivity contribution in [3.05, 3.63) is 29.3 Å². The normalized spacial score (nSPS) is 16.6. The van der Waals surface area contributed by atoms with Crippen molar-refractivity contribution < 1.29 is 4.74 Å². The van der Waals surface area contributed by atoms with Gasteiger partial charge < -0.3 is 15.0 Å². The quantitative estimate of drug-likeness (QED) is 0.883. The highest BCUT2D eigenvalue weighted by molar-refractivity contribution is 5.55. The molecule has 3 heteroatoms. The van der Waals surface area contributed by atoms with Gasteiger partial charge in [-0.1, -0.05) is 12.1 Å². The maximum absolute atomic E-state index is 5.39. The van der Waals surface area contributed by atoms with Crippen LogP contribution in [-0.4, -0.2) is 32.8 Å². The highest BCUT2D eigenvalue weighted by atomic mass is 16.5. The second kappa shape index (κ2) is 6.92. The molecule has 0 radical (unpaired) electrons. The van der Waals surface area contributed by atoms with E-state index in [2.05, 4.69) is 49.3 Å². The van der Waals surface area contributed by atoms with Crippen LogP contribution in [0.5, 0.6) is 0 Å². The van der Waals surface area contributed by atoms with Crippen molar-refractivity contribution in [1.29, 1.82) is 0 Å². The van der Waals surface area contributed by atoms with E-state index in [0.29, 0.717) is 6.04 Å². The lowest BCUT2D eigenvalue weighted by atomic mass is 10.0. The lowest BCUT2D eigenvalue weighted by molar-refractivity contribution is 0.0776. The molecule has 1 aromatic carbocycles. The third kappa shape index (κ3) is 3.71. The summed E-state index contributed by atoms with van der Waals surface area (Å²) in [5.74, 6) is 0. The number of hydrogen-bond acceptors (Lipinski definition) is 3. The molecule has 0 saturated carbocycles. The SMILES string of the molecule is CCN(C)c1cccc(CNC2CCOCC2)c1C. The first-order chi connectivity index (χ1) is 9.22. The van der Waals surface area contributed by atoms with Gasteiger partial charge in [-0.25, -0.2) is 0 Å². The van der Waals surface area contributed by atoms with Crippen LogP contribution in [0, 0.1) is 6.92 Å². The Morgan fingerprint density at radius 2 is 2.05 bits per heavy atom. The molecule has 0 unspecified atom stereocenters. The van der Waals surface area contributed by atoms with Crippen molar-refractivity contribution in [2.24, 2.45) is 0 Å². The van der Waals surface area contributed by atoms with Gasteiger partial charge in [-0.05, 0) is 43.9 Å². The maximum Gasteiger partial charge on any atom is 0.0480 e. The highest BCUT2D eigenvalue weighted by Gasteiger charge is 2.14. The summed E-state index contributed by atoms with van der Waals surface area (Å²) in [4.78, 5) is 2.30. The van der Waals surface area contributed by atoms with Crippen LogP contribution in [0.3, 0.4) is 0 Å². The summed E-state index contributed by atoms with van der Waals surface area (Å²) in [6, 6.07) is 7.21. The molecule has 0 bridgehead atoms. The van der Waals surface area contributed by atoms with Gasteiger partial charge in [0.25, 0.3) is 0 Å². The fourth-order valence-corrected chi connectivity index (χ4v) is 2.60. The summed E-state index contributed by atoms with van der Waals surface area (Å²) in [5, 5.41) is 3.66. The van der Waals surface area contributed by atoms with Crippen LogP contribution in [-0.2, 0) is 11.3 Å². The van der Waals surface area contributed by atoms with E-state index in [0.717, 1.165) is 39.1 Å². The summed E-state index contributed by atoms with van der Waals surface area (Å²) in [5.41, 5.74) is 4.14. The average molecular weight is 262 g/mol. The molecule has 0 aromatic heterocycles. The lowest BCUT2D eigenvalue weighted by Crippen LogP contribution is -2.34. The molecule has 0 spiro atoms. The minimum Gasteiger partial charge on any atom is -0.381 e. The molecule has 106 valence electrons. The summed E-state index contributed by atoms with van der Waals surface area (Å²) >= 11 is 0. The smallest absolute Gasteiger partial charge is 0.0480 e. The van der Waals surface area contributed by atoms with Crippen LogP contribution in [0.4, 0.5) is 5.69 Å². The lowest BCUT2D eigenvalue weighted by Gasteiger charge is -2.25. The Morgan fingerprint density at radius 3 is 2.74 bits per heavy atom. The first-order valence-corrected chi connectivity index (χ1v) is 7.33. The Hall–Kier alpha value is -1.06. The van der Waals surface area contributed by atoms with Crippen molar-refractivity contribution in [1.82, 2.24) is 5.32 Å². The molecule has 0 aliphatic carbocycles. The van der Waals surface area contributed by atoms with E-state index < -0.39 is 0 Å². The molecule has 1 N–H and O–H groups in total. The standard InChI is InChI=1S/C16H26N2O/c1-4-18(3)16-7-5-6-14(13(16)2)12-17-15-8-10-19-11-9-15/h5-7,15,17H,4,8-12H2,1-3H3. The van der Waals surface area contributed by atoms with Gasteiger partial charge in [0.05, 0.1) is 0 Å². The summed E-state index contributed by atoms with van der Waals surface area (Å²) < 4.78 is 5.39. The van der Waals surface area contributed by atoms with Crippen LogP contribution < -0.4 is 10.2 Å². The minimum absolute atomic E-state index is 0.612. The fraction of sp³-hybridized carbons (Fsp3) is 0.625. The van der Waals surface area contributed by atoms with Crippen LogP contribution in [0.25, 0.3) is 0 Å². The Morgan fingerprint density at radius 1 is 1.32 bits per heavy atom. The van der Waals surface area contributed by atoms with Crippen molar-refractivity contribution in [2.75, 3.05) is 31.7 Å². The Kier molecular flexibility index (Phi) is 5.23. The second-order valence-electron chi connectivity index (χ2n) is 5.34. The van der Waals surface area contributed by atoms with Crippen molar-refractivity contribution >= 4 is 5.69 Å². The molecule has 1 saturated heterocycles. The van der Waals surface area contributed by atoms with Gasteiger partial charge in [0.15, 0.2) is 0 Å². The van der Waals surface area contributed by atoms with Crippen LogP contribution >= 0.6 is 0 Å². The third-order valence-corrected chi connectivity index (χ3v) is 4.11. The largest absolute Gasteiger partial charge is 0.381 e. The van der Waals surface area contributed by atoms with Crippen LogP contribution in [0.1, 0.15) is 30.9 Å². The molecule has 1 aromatic rings. The number of hydrogen-bond donors (Lipinski definition) is 1. The molecule has 0 amide bonds. The van der Waals surface area contributed by atoms with Crippen LogP contribution in [0.2, 0.25) is 0 Å². The zero-order valence-electron chi connectivity index (χ0n) is 12.4. The number of rotatable bonds is 5. The second-order valence-corrected chi connectivity index (χ2v) is 5.34. The topological polar surface area (TPSA) is 24.5 Å². The molecule has 3 nitrogen and oxygen atoms in total. The van der Waals surface area contributed by atoms with Crippen LogP contribution in [0.15, 0.2) is 18.2 Å². The molecule has 1 aliphatic heterocycles. The highest BCUT2D eigenvalue weighted by Crippen LogP contribution is 2.22.